The van der Waals surface area contributed by atoms with Crippen molar-refractivity contribution in [3.63, 3.8) is 0 Å². The van der Waals surface area contributed by atoms with Crippen LogP contribution in [0.1, 0.15) is 60.5 Å². The van der Waals surface area contributed by atoms with Gasteiger partial charge in [0.1, 0.15) is 0 Å². The van der Waals surface area contributed by atoms with Gasteiger partial charge in [-0.1, -0.05) is 20.8 Å². The lowest BCUT2D eigenvalue weighted by Crippen LogP contribution is -2.36. The summed E-state index contributed by atoms with van der Waals surface area (Å²) in [4.78, 5) is 7.44. The maximum Gasteiger partial charge on any atom is 0.0865 e. The molecule has 1 rings (SSSR count). The average Bonchev–Trinajstić information content (AvgIpc) is 2.84. The van der Waals surface area contributed by atoms with E-state index in [1.807, 2.05) is 0 Å². The Morgan fingerprint density at radius 3 is 1.83 bits per heavy atom. The maximum atomic E-state index is 4.96. The minimum atomic E-state index is 0.466. The van der Waals surface area contributed by atoms with Crippen molar-refractivity contribution in [1.29, 1.82) is 0 Å². The predicted molar refractivity (Wildman–Crippen MR) is 80.8 cm³/mol. The molecule has 0 aliphatic carbocycles. The molecule has 0 saturated heterocycles. The fourth-order valence-electron chi connectivity index (χ4n) is 2.72. The molecule has 2 heteroatoms. The van der Waals surface area contributed by atoms with Gasteiger partial charge < -0.3 is 4.90 Å². The second-order valence-corrected chi connectivity index (χ2v) is 6.27. The van der Waals surface area contributed by atoms with Gasteiger partial charge in [-0.2, -0.15) is 0 Å². The number of rotatable bonds is 6. The molecular weight excluding hydrogens is 220 g/mol. The Morgan fingerprint density at radius 2 is 1.50 bits per heavy atom. The molecule has 1 aromatic rings. The van der Waals surface area contributed by atoms with Crippen molar-refractivity contribution in [2.75, 3.05) is 4.90 Å². The maximum absolute atomic E-state index is 4.96. The monoisotopic (exact) mass is 250 g/mol. The minimum absolute atomic E-state index is 0.466. The van der Waals surface area contributed by atoms with Crippen molar-refractivity contribution in [1.82, 2.24) is 0 Å². The first-order valence-corrected chi connectivity index (χ1v) is 7.38. The molecule has 2 nitrogen and oxygen atoms in total. The minimum Gasteiger partial charge on any atom is -0.365 e. The zero-order valence-corrected chi connectivity index (χ0v) is 13.4. The zero-order chi connectivity index (χ0) is 14.0. The van der Waals surface area contributed by atoms with Crippen LogP contribution in [0.3, 0.4) is 0 Å². The Labute approximate surface area is 113 Å². The van der Waals surface area contributed by atoms with E-state index in [1.54, 1.807) is 0 Å². The van der Waals surface area contributed by atoms with E-state index in [9.17, 15) is 0 Å². The normalized spacial score (nSPS) is 15.4. The van der Waals surface area contributed by atoms with Gasteiger partial charge in [0.25, 0.3) is 0 Å². The van der Waals surface area contributed by atoms with Crippen molar-refractivity contribution in [2.24, 2.45) is 10.9 Å². The molecule has 1 aromatic carbocycles. The molecule has 0 unspecified atom stereocenters. The summed E-state index contributed by atoms with van der Waals surface area (Å²) < 4.78 is 0. The first-order valence-electron chi connectivity index (χ1n) is 7.38. The molecule has 1 atom stereocenters. The van der Waals surface area contributed by atoms with Crippen LogP contribution in [0.4, 0.5) is 5.69 Å². The Morgan fingerprint density at radius 1 is 1.00 bits per heavy atom. The average molecular weight is 250 g/mol. The van der Waals surface area contributed by atoms with Crippen LogP contribution in [-0.2, 0) is 0 Å². The highest BCUT2D eigenvalue weighted by molar-refractivity contribution is 5.65. The van der Waals surface area contributed by atoms with Crippen LogP contribution in [0, 0.1) is 12.8 Å². The van der Waals surface area contributed by atoms with Gasteiger partial charge in [0.2, 0.25) is 0 Å². The van der Waals surface area contributed by atoms with Crippen LogP contribution in [0.25, 0.3) is 0 Å². The van der Waals surface area contributed by atoms with E-state index in [0.29, 0.717) is 24.0 Å². The highest BCUT2D eigenvalue weighted by Crippen LogP contribution is 2.26. The SMILES string of the molecule is CC[C@@H](/N=c1/c(C)c1N(C(C)C)C(C)C)C(C)C. The number of anilines is 1. The summed E-state index contributed by atoms with van der Waals surface area (Å²) in [5, 5.41) is 1.28. The molecule has 0 fully saturated rings. The Kier molecular flexibility index (Phi) is 5.01. The van der Waals surface area contributed by atoms with E-state index in [2.05, 4.69) is 60.3 Å². The van der Waals surface area contributed by atoms with Gasteiger partial charge >= 0.3 is 0 Å². The summed E-state index contributed by atoms with van der Waals surface area (Å²) in [7, 11) is 0. The molecule has 0 radical (unpaired) electrons. The van der Waals surface area contributed by atoms with Gasteiger partial charge in [0.05, 0.1) is 17.1 Å². The van der Waals surface area contributed by atoms with Crippen molar-refractivity contribution < 1.29 is 0 Å². The molecule has 0 aliphatic heterocycles. The van der Waals surface area contributed by atoms with Gasteiger partial charge in [-0.05, 0) is 47.0 Å². The van der Waals surface area contributed by atoms with Gasteiger partial charge in [0, 0.05) is 17.6 Å². The summed E-state index contributed by atoms with van der Waals surface area (Å²) in [5.41, 5.74) is 2.80. The van der Waals surface area contributed by atoms with E-state index in [1.165, 1.54) is 16.6 Å². The van der Waals surface area contributed by atoms with Crippen LogP contribution in [0.2, 0.25) is 0 Å². The fourth-order valence-corrected chi connectivity index (χ4v) is 2.72. The van der Waals surface area contributed by atoms with E-state index in [-0.39, 0.29) is 0 Å². The molecule has 0 aromatic heterocycles. The largest absolute Gasteiger partial charge is 0.365 e. The zero-order valence-electron chi connectivity index (χ0n) is 13.4. The molecule has 0 amide bonds. The first kappa shape index (κ1) is 15.3. The van der Waals surface area contributed by atoms with Crippen LogP contribution >= 0.6 is 0 Å². The summed E-state index contributed by atoms with van der Waals surface area (Å²) in [5.74, 6) is 0.628. The lowest BCUT2D eigenvalue weighted by Gasteiger charge is -2.29. The molecule has 0 heterocycles. The third-order valence-corrected chi connectivity index (χ3v) is 3.73. The van der Waals surface area contributed by atoms with Crippen molar-refractivity contribution in [3.05, 3.63) is 10.9 Å². The van der Waals surface area contributed by atoms with Crippen LogP contribution in [0.5, 0.6) is 0 Å². The number of hydrogen-bond donors (Lipinski definition) is 0. The van der Waals surface area contributed by atoms with Crippen molar-refractivity contribution >= 4 is 5.69 Å². The third-order valence-electron chi connectivity index (χ3n) is 3.73. The van der Waals surface area contributed by atoms with Crippen molar-refractivity contribution in [3.8, 4) is 0 Å². The summed E-state index contributed by atoms with van der Waals surface area (Å²) in [6.07, 6.45) is 1.13. The predicted octanol–water partition coefficient (Wildman–Crippen LogP) is 3.83. The van der Waals surface area contributed by atoms with Gasteiger partial charge in [-0.15, -0.1) is 0 Å². The highest BCUT2D eigenvalue weighted by atomic mass is 15.2. The van der Waals surface area contributed by atoms with Gasteiger partial charge in [-0.3, -0.25) is 4.99 Å². The highest BCUT2D eigenvalue weighted by Gasteiger charge is 2.27. The lowest BCUT2D eigenvalue weighted by molar-refractivity contribution is 0.475. The van der Waals surface area contributed by atoms with Crippen LogP contribution < -0.4 is 10.3 Å². The van der Waals surface area contributed by atoms with Crippen molar-refractivity contribution in [2.45, 2.75) is 79.9 Å². The summed E-state index contributed by atoms with van der Waals surface area (Å²) in [6, 6.07) is 1.55. The molecular formula is C16H30N2. The quantitative estimate of drug-likeness (QED) is 0.749. The molecule has 0 aliphatic rings. The van der Waals surface area contributed by atoms with Crippen LogP contribution in [0.15, 0.2) is 4.99 Å². The van der Waals surface area contributed by atoms with Gasteiger partial charge in [0.15, 0.2) is 0 Å². The fraction of sp³-hybridized carbons (Fsp3) is 0.812. The first-order chi connectivity index (χ1) is 8.31. The second-order valence-electron chi connectivity index (χ2n) is 6.27. The Hall–Kier alpha value is -0.790. The Bertz CT molecular complexity index is 384. The molecule has 0 N–H and O–H groups in total. The third kappa shape index (κ3) is 3.15. The van der Waals surface area contributed by atoms with E-state index < -0.39 is 0 Å². The van der Waals surface area contributed by atoms with Gasteiger partial charge in [-0.25, -0.2) is 0 Å². The summed E-state index contributed by atoms with van der Waals surface area (Å²) in [6.45, 7) is 18.0. The van der Waals surface area contributed by atoms with E-state index >= 15 is 0 Å². The Balaban J connectivity index is 2.99. The topological polar surface area (TPSA) is 15.6 Å². The summed E-state index contributed by atoms with van der Waals surface area (Å²) >= 11 is 0. The van der Waals surface area contributed by atoms with Crippen LogP contribution in [-0.4, -0.2) is 18.1 Å². The standard InChI is InChI=1S/C16H30N2/c1-9-14(10(2)3)17-15-13(8)16(15)18(11(4)5)12(6)7/h10-12,14H,9H2,1-8H3/b17-15-/t14-/m1/s1. The van der Waals surface area contributed by atoms with E-state index in [4.69, 9.17) is 4.99 Å². The molecule has 0 saturated carbocycles. The number of nitrogens with zero attached hydrogens (tertiary/aromatic N) is 2. The molecule has 104 valence electrons. The van der Waals surface area contributed by atoms with E-state index in [0.717, 1.165) is 6.42 Å². The molecule has 0 bridgehead atoms. The number of hydrogen-bond acceptors (Lipinski definition) is 2. The smallest absolute Gasteiger partial charge is 0.0865 e. The molecule has 18 heavy (non-hydrogen) atoms. The lowest BCUT2D eigenvalue weighted by atomic mass is 10.0. The second kappa shape index (κ2) is 5.90. The molecule has 0 spiro atoms.